The van der Waals surface area contributed by atoms with E-state index in [2.05, 4.69) is 9.88 Å². The fraction of sp³-hybridized carbons (Fsp3) is 0.538. The number of nitrogens with zero attached hydrogens (tertiary/aromatic N) is 4. The Labute approximate surface area is 131 Å². The maximum Gasteiger partial charge on any atom is 0.188 e. The van der Waals surface area contributed by atoms with Crippen LogP contribution in [0.5, 0.6) is 0 Å². The summed E-state index contributed by atoms with van der Waals surface area (Å²) in [5, 5.41) is 11.0. The lowest BCUT2D eigenvalue weighted by atomic mass is 10.2. The van der Waals surface area contributed by atoms with E-state index in [-0.39, 0.29) is 6.61 Å². The molecular weight excluding hydrogens is 312 g/mol. The molecule has 1 N–H and O–H groups in total. The summed E-state index contributed by atoms with van der Waals surface area (Å²) < 4.78 is 7.37. The van der Waals surface area contributed by atoms with Crippen molar-refractivity contribution in [2.75, 3.05) is 18.1 Å². The van der Waals surface area contributed by atoms with Crippen molar-refractivity contribution in [1.82, 2.24) is 14.5 Å². The Morgan fingerprint density at radius 2 is 2.14 bits per heavy atom. The molecule has 0 radical (unpaired) electrons. The number of halogens is 1. The fourth-order valence-electron chi connectivity index (χ4n) is 3.10. The van der Waals surface area contributed by atoms with Crippen molar-refractivity contribution in [2.45, 2.75) is 31.5 Å². The molecule has 6 nitrogen and oxygen atoms in total. The molecule has 21 heavy (non-hydrogen) atoms. The molecule has 2 aromatic rings. The Bertz CT molecular complexity index is 642. The number of hydrogen-bond donors (Lipinski definition) is 1. The van der Waals surface area contributed by atoms with Crippen molar-refractivity contribution in [3.8, 4) is 5.82 Å². The number of anilines is 1. The molecule has 2 aromatic heterocycles. The molecule has 2 bridgehead atoms. The van der Waals surface area contributed by atoms with Gasteiger partial charge in [-0.2, -0.15) is 0 Å². The largest absolute Gasteiger partial charge is 0.391 e. The zero-order valence-corrected chi connectivity index (χ0v) is 12.8. The number of rotatable bonds is 3. The van der Waals surface area contributed by atoms with Crippen molar-refractivity contribution < 1.29 is 9.84 Å². The van der Waals surface area contributed by atoms with Crippen molar-refractivity contribution in [1.29, 1.82) is 0 Å². The second-order valence-electron chi connectivity index (χ2n) is 5.33. The first kappa shape index (κ1) is 13.5. The summed E-state index contributed by atoms with van der Waals surface area (Å²) in [6.45, 7) is 1.48. The summed E-state index contributed by atoms with van der Waals surface area (Å²) in [6, 6.07) is 0.807. The number of thiazole rings is 1. The standard InChI is InChI=1S/C13H15ClN4O2S/c14-11-3-17(7-15-11)12-10(4-19)21-13(16-12)18-8-1-2-9(18)6-20-5-8/h3,7-9,19H,1-2,4-6H2/t8-,9+. The minimum atomic E-state index is -0.0392. The molecular formula is C13H15ClN4O2S. The molecule has 2 atom stereocenters. The molecule has 0 amide bonds. The fourth-order valence-corrected chi connectivity index (χ4v) is 4.31. The van der Waals surface area contributed by atoms with Crippen LogP contribution in [-0.4, -0.2) is 44.9 Å². The smallest absolute Gasteiger partial charge is 0.188 e. The lowest BCUT2D eigenvalue weighted by molar-refractivity contribution is 0.0906. The minimum absolute atomic E-state index is 0.0392. The van der Waals surface area contributed by atoms with E-state index in [0.717, 1.165) is 36.1 Å². The van der Waals surface area contributed by atoms with E-state index < -0.39 is 0 Å². The summed E-state index contributed by atoms with van der Waals surface area (Å²) in [5.41, 5.74) is 0. The average molecular weight is 327 g/mol. The normalized spacial score (nSPS) is 24.8. The van der Waals surface area contributed by atoms with Gasteiger partial charge in [-0.05, 0) is 12.8 Å². The third-order valence-corrected chi connectivity index (χ3v) is 5.30. The summed E-state index contributed by atoms with van der Waals surface area (Å²) >= 11 is 7.41. The van der Waals surface area contributed by atoms with E-state index in [1.807, 2.05) is 0 Å². The quantitative estimate of drug-likeness (QED) is 0.932. The number of aliphatic hydroxyl groups excluding tert-OH is 1. The van der Waals surface area contributed by atoms with Gasteiger partial charge < -0.3 is 14.7 Å². The Morgan fingerprint density at radius 1 is 1.38 bits per heavy atom. The van der Waals surface area contributed by atoms with Gasteiger partial charge in [-0.3, -0.25) is 4.57 Å². The van der Waals surface area contributed by atoms with Crippen LogP contribution in [0, 0.1) is 0 Å². The van der Waals surface area contributed by atoms with Crippen LogP contribution in [0.15, 0.2) is 12.5 Å². The first-order valence-electron chi connectivity index (χ1n) is 6.93. The van der Waals surface area contributed by atoms with Gasteiger partial charge in [0.2, 0.25) is 0 Å². The van der Waals surface area contributed by atoms with E-state index >= 15 is 0 Å². The van der Waals surface area contributed by atoms with Crippen LogP contribution in [0.2, 0.25) is 5.15 Å². The van der Waals surface area contributed by atoms with E-state index in [4.69, 9.17) is 21.3 Å². The zero-order valence-electron chi connectivity index (χ0n) is 11.3. The number of aliphatic hydroxyl groups is 1. The van der Waals surface area contributed by atoms with Gasteiger partial charge >= 0.3 is 0 Å². The molecule has 0 aliphatic carbocycles. The lowest BCUT2D eigenvalue weighted by Crippen LogP contribution is -2.45. The van der Waals surface area contributed by atoms with E-state index in [9.17, 15) is 5.11 Å². The molecule has 2 saturated heterocycles. The third kappa shape index (κ3) is 2.24. The Balaban J connectivity index is 1.72. The van der Waals surface area contributed by atoms with Crippen LogP contribution >= 0.6 is 22.9 Å². The first-order valence-corrected chi connectivity index (χ1v) is 8.12. The second kappa shape index (κ2) is 5.24. The monoisotopic (exact) mass is 326 g/mol. The molecule has 0 aromatic carbocycles. The van der Waals surface area contributed by atoms with Gasteiger partial charge in [0.1, 0.15) is 11.5 Å². The summed E-state index contributed by atoms with van der Waals surface area (Å²) in [5.74, 6) is 0.711. The molecule has 0 unspecified atom stereocenters. The van der Waals surface area contributed by atoms with Gasteiger partial charge in [0.25, 0.3) is 0 Å². The summed E-state index contributed by atoms with van der Waals surface area (Å²) in [7, 11) is 0. The van der Waals surface area contributed by atoms with Crippen LogP contribution in [-0.2, 0) is 11.3 Å². The van der Waals surface area contributed by atoms with Crippen molar-refractivity contribution in [3.05, 3.63) is 22.6 Å². The predicted octanol–water partition coefficient (Wildman–Crippen LogP) is 1.84. The highest BCUT2D eigenvalue weighted by Gasteiger charge is 2.39. The summed E-state index contributed by atoms with van der Waals surface area (Å²) in [6.07, 6.45) is 5.61. The number of ether oxygens (including phenoxy) is 1. The highest BCUT2D eigenvalue weighted by Crippen LogP contribution is 2.38. The number of fused-ring (bicyclic) bond motifs is 2. The highest BCUT2D eigenvalue weighted by molar-refractivity contribution is 7.16. The number of imidazole rings is 1. The van der Waals surface area contributed by atoms with Crippen molar-refractivity contribution in [3.63, 3.8) is 0 Å². The Kier molecular flexibility index (Phi) is 3.37. The van der Waals surface area contributed by atoms with Crippen LogP contribution in [0.3, 0.4) is 0 Å². The SMILES string of the molecule is OCc1sc(N2[C@@H]3CC[C@H]2COC3)nc1-n1cnc(Cl)c1. The molecule has 4 heterocycles. The lowest BCUT2D eigenvalue weighted by Gasteiger charge is -2.34. The maximum atomic E-state index is 9.61. The van der Waals surface area contributed by atoms with Gasteiger partial charge in [-0.15, -0.1) is 0 Å². The molecule has 2 aliphatic rings. The van der Waals surface area contributed by atoms with Crippen molar-refractivity contribution in [2.24, 2.45) is 0 Å². The number of aromatic nitrogens is 3. The maximum absolute atomic E-state index is 9.61. The van der Waals surface area contributed by atoms with Gasteiger partial charge in [0.05, 0.1) is 36.8 Å². The predicted molar refractivity (Wildman–Crippen MR) is 80.3 cm³/mol. The molecule has 8 heteroatoms. The molecule has 4 rings (SSSR count). The van der Waals surface area contributed by atoms with Crippen LogP contribution < -0.4 is 4.90 Å². The number of morpholine rings is 1. The molecule has 0 saturated carbocycles. The average Bonchev–Trinajstić information content (AvgIpc) is 3.15. The molecule has 2 fully saturated rings. The van der Waals surface area contributed by atoms with Gasteiger partial charge in [-0.25, -0.2) is 9.97 Å². The second-order valence-corrected chi connectivity index (χ2v) is 6.78. The minimum Gasteiger partial charge on any atom is -0.391 e. The van der Waals surface area contributed by atoms with Gasteiger partial charge in [-0.1, -0.05) is 22.9 Å². The Morgan fingerprint density at radius 3 is 2.76 bits per heavy atom. The highest BCUT2D eigenvalue weighted by atomic mass is 35.5. The van der Waals surface area contributed by atoms with E-state index in [1.54, 1.807) is 17.1 Å². The van der Waals surface area contributed by atoms with E-state index in [1.165, 1.54) is 11.3 Å². The topological polar surface area (TPSA) is 63.4 Å². The third-order valence-electron chi connectivity index (χ3n) is 4.07. The first-order chi connectivity index (χ1) is 10.3. The van der Waals surface area contributed by atoms with Crippen molar-refractivity contribution >= 4 is 28.1 Å². The van der Waals surface area contributed by atoms with Gasteiger partial charge in [0, 0.05) is 6.20 Å². The van der Waals surface area contributed by atoms with Crippen LogP contribution in [0.25, 0.3) is 5.82 Å². The van der Waals surface area contributed by atoms with Gasteiger partial charge in [0.15, 0.2) is 10.9 Å². The van der Waals surface area contributed by atoms with Crippen LogP contribution in [0.4, 0.5) is 5.13 Å². The molecule has 2 aliphatic heterocycles. The number of hydrogen-bond acceptors (Lipinski definition) is 6. The molecule has 0 spiro atoms. The Hall–Kier alpha value is -1.15. The summed E-state index contributed by atoms with van der Waals surface area (Å²) in [4.78, 5) is 11.9. The molecule has 112 valence electrons. The van der Waals surface area contributed by atoms with E-state index in [0.29, 0.717) is 23.1 Å². The van der Waals surface area contributed by atoms with Crippen LogP contribution in [0.1, 0.15) is 17.7 Å². The zero-order chi connectivity index (χ0) is 14.4.